The zero-order valence-electron chi connectivity index (χ0n) is 16.9. The van der Waals surface area contributed by atoms with Gasteiger partial charge in [0.25, 0.3) is 10.0 Å². The van der Waals surface area contributed by atoms with E-state index in [-0.39, 0.29) is 23.2 Å². The first-order valence-electron chi connectivity index (χ1n) is 8.89. The lowest BCUT2D eigenvalue weighted by molar-refractivity contribution is -0.141. The Morgan fingerprint density at radius 1 is 1.26 bits per heavy atom. The fourth-order valence-electron chi connectivity index (χ4n) is 2.77. The number of para-hydroxylation sites is 1. The fourth-order valence-corrected chi connectivity index (χ4v) is 4.56. The number of methoxy groups -OCH3 is 1. The van der Waals surface area contributed by atoms with Gasteiger partial charge >= 0.3 is 12.0 Å². The van der Waals surface area contributed by atoms with Crippen LogP contribution in [0.1, 0.15) is 6.92 Å². The molecule has 0 spiro atoms. The summed E-state index contributed by atoms with van der Waals surface area (Å²) in [4.78, 5) is 26.9. The molecule has 0 atom stereocenters. The molecular formula is C18H20N4O7S2. The second kappa shape index (κ2) is 9.22. The quantitative estimate of drug-likeness (QED) is 0.379. The molecule has 2 amide bonds. The summed E-state index contributed by atoms with van der Waals surface area (Å²) in [6.45, 7) is 1.46. The number of aryl methyl sites for hydroxylation is 1. The highest BCUT2D eigenvalue weighted by Crippen LogP contribution is 2.32. The van der Waals surface area contributed by atoms with Crippen LogP contribution in [-0.4, -0.2) is 50.3 Å². The van der Waals surface area contributed by atoms with Gasteiger partial charge in [-0.15, -0.1) is 0 Å². The Labute approximate surface area is 182 Å². The van der Waals surface area contributed by atoms with E-state index in [1.54, 1.807) is 29.8 Å². The molecule has 3 rings (SSSR count). The SMILES string of the molecule is COc1cnc(NC(=O)NS(=O)(=O)c2cn(C)c3c(OCCOC(C)=O)cccc23)s1. The second-order valence-corrected chi connectivity index (χ2v) is 8.84. The first-order valence-corrected chi connectivity index (χ1v) is 11.2. The molecule has 2 N–H and O–H groups in total. The smallest absolute Gasteiger partial charge is 0.334 e. The summed E-state index contributed by atoms with van der Waals surface area (Å²) < 4.78 is 44.7. The lowest BCUT2D eigenvalue weighted by Crippen LogP contribution is -2.34. The Bertz CT molecular complexity index is 1220. The number of carbonyl (C=O) groups excluding carboxylic acids is 2. The highest BCUT2D eigenvalue weighted by molar-refractivity contribution is 7.90. The number of nitrogens with one attached hydrogen (secondary N) is 2. The van der Waals surface area contributed by atoms with E-state index >= 15 is 0 Å². The van der Waals surface area contributed by atoms with E-state index in [1.807, 2.05) is 4.72 Å². The Kier molecular flexibility index (Phi) is 6.65. The topological polar surface area (TPSA) is 138 Å². The van der Waals surface area contributed by atoms with Gasteiger partial charge in [0.1, 0.15) is 23.9 Å². The molecule has 2 heterocycles. The van der Waals surface area contributed by atoms with Gasteiger partial charge in [-0.05, 0) is 6.07 Å². The Morgan fingerprint density at radius 3 is 2.71 bits per heavy atom. The summed E-state index contributed by atoms with van der Waals surface area (Å²) in [5, 5.41) is 3.37. The molecule has 0 saturated heterocycles. The van der Waals surface area contributed by atoms with Crippen molar-refractivity contribution in [2.75, 3.05) is 25.6 Å². The van der Waals surface area contributed by atoms with Crippen molar-refractivity contribution < 1.29 is 32.2 Å². The van der Waals surface area contributed by atoms with Gasteiger partial charge < -0.3 is 18.8 Å². The molecule has 166 valence electrons. The Balaban J connectivity index is 1.80. The number of esters is 1. The minimum atomic E-state index is -4.20. The number of urea groups is 1. The minimum absolute atomic E-state index is 0.0601. The number of amides is 2. The number of hydrogen-bond acceptors (Lipinski definition) is 9. The van der Waals surface area contributed by atoms with Gasteiger partial charge in [0, 0.05) is 25.6 Å². The van der Waals surface area contributed by atoms with Gasteiger partial charge in [-0.3, -0.25) is 10.1 Å². The number of rotatable bonds is 8. The largest absolute Gasteiger partial charge is 0.488 e. The van der Waals surface area contributed by atoms with Crippen LogP contribution in [-0.2, 0) is 26.6 Å². The lowest BCUT2D eigenvalue weighted by Gasteiger charge is -2.09. The third kappa shape index (κ3) is 5.24. The summed E-state index contributed by atoms with van der Waals surface area (Å²) in [7, 11) is -1.09. The van der Waals surface area contributed by atoms with Crippen LogP contribution in [0.5, 0.6) is 10.8 Å². The second-order valence-electron chi connectivity index (χ2n) is 6.19. The summed E-state index contributed by atoms with van der Waals surface area (Å²) >= 11 is 1.05. The van der Waals surface area contributed by atoms with Crippen molar-refractivity contribution in [1.29, 1.82) is 0 Å². The van der Waals surface area contributed by atoms with E-state index in [1.165, 1.54) is 26.4 Å². The molecule has 0 aliphatic rings. The fraction of sp³-hybridized carbons (Fsp3) is 0.278. The van der Waals surface area contributed by atoms with Crippen molar-refractivity contribution in [3.63, 3.8) is 0 Å². The van der Waals surface area contributed by atoms with Crippen molar-refractivity contribution in [2.24, 2.45) is 7.05 Å². The lowest BCUT2D eigenvalue weighted by atomic mass is 10.2. The summed E-state index contributed by atoms with van der Waals surface area (Å²) in [6, 6.07) is 3.95. The van der Waals surface area contributed by atoms with Crippen molar-refractivity contribution in [3.05, 3.63) is 30.6 Å². The Morgan fingerprint density at radius 2 is 2.03 bits per heavy atom. The number of thiazole rings is 1. The molecule has 0 unspecified atom stereocenters. The van der Waals surface area contributed by atoms with Crippen molar-refractivity contribution in [3.8, 4) is 10.8 Å². The molecule has 0 radical (unpaired) electrons. The van der Waals surface area contributed by atoms with Crippen LogP contribution in [0.4, 0.5) is 9.93 Å². The number of ether oxygens (including phenoxy) is 3. The van der Waals surface area contributed by atoms with Crippen molar-refractivity contribution in [1.82, 2.24) is 14.3 Å². The van der Waals surface area contributed by atoms with Crippen LogP contribution in [0.15, 0.2) is 35.5 Å². The molecule has 31 heavy (non-hydrogen) atoms. The van der Waals surface area contributed by atoms with Gasteiger partial charge in [0.15, 0.2) is 10.2 Å². The number of aromatic nitrogens is 2. The summed E-state index contributed by atoms with van der Waals surface area (Å²) in [5.74, 6) is -0.0115. The predicted molar refractivity (Wildman–Crippen MR) is 113 cm³/mol. The van der Waals surface area contributed by atoms with Crippen LogP contribution in [0.2, 0.25) is 0 Å². The molecular weight excluding hydrogens is 448 g/mol. The van der Waals surface area contributed by atoms with Crippen molar-refractivity contribution in [2.45, 2.75) is 11.8 Å². The van der Waals surface area contributed by atoms with Crippen LogP contribution in [0, 0.1) is 0 Å². The molecule has 0 fully saturated rings. The zero-order valence-corrected chi connectivity index (χ0v) is 18.5. The molecule has 0 aliphatic heterocycles. The zero-order chi connectivity index (χ0) is 22.6. The highest BCUT2D eigenvalue weighted by atomic mass is 32.2. The number of nitrogens with zero attached hydrogens (tertiary/aromatic N) is 2. The van der Waals surface area contributed by atoms with Crippen LogP contribution in [0.25, 0.3) is 10.9 Å². The Hall–Kier alpha value is -3.32. The first kappa shape index (κ1) is 22.4. The van der Waals surface area contributed by atoms with E-state index < -0.39 is 22.0 Å². The van der Waals surface area contributed by atoms with E-state index in [4.69, 9.17) is 14.2 Å². The predicted octanol–water partition coefficient (Wildman–Crippen LogP) is 2.10. The number of hydrogen-bond donors (Lipinski definition) is 2. The summed E-state index contributed by atoms with van der Waals surface area (Å²) in [6.07, 6.45) is 2.79. The van der Waals surface area contributed by atoms with Gasteiger partial charge in [-0.25, -0.2) is 22.9 Å². The third-order valence-corrected chi connectivity index (χ3v) is 6.23. The normalized spacial score (nSPS) is 11.2. The average molecular weight is 469 g/mol. The number of fused-ring (bicyclic) bond motifs is 1. The average Bonchev–Trinajstić information content (AvgIpc) is 3.29. The monoisotopic (exact) mass is 468 g/mol. The van der Waals surface area contributed by atoms with Gasteiger partial charge in [0.2, 0.25) is 0 Å². The van der Waals surface area contributed by atoms with E-state index in [2.05, 4.69) is 10.3 Å². The molecule has 1 aromatic carbocycles. The molecule has 0 bridgehead atoms. The molecule has 11 nitrogen and oxygen atoms in total. The maximum absolute atomic E-state index is 12.8. The highest BCUT2D eigenvalue weighted by Gasteiger charge is 2.24. The molecule has 0 aliphatic carbocycles. The van der Waals surface area contributed by atoms with Crippen molar-refractivity contribution >= 4 is 49.4 Å². The number of carbonyl (C=O) groups is 2. The minimum Gasteiger partial charge on any atom is -0.488 e. The van der Waals surface area contributed by atoms with Crippen LogP contribution in [0.3, 0.4) is 0 Å². The van der Waals surface area contributed by atoms with E-state index in [9.17, 15) is 18.0 Å². The third-order valence-electron chi connectivity index (χ3n) is 4.00. The van der Waals surface area contributed by atoms with E-state index in [0.29, 0.717) is 21.7 Å². The van der Waals surface area contributed by atoms with Crippen LogP contribution < -0.4 is 19.5 Å². The number of anilines is 1. The summed E-state index contributed by atoms with van der Waals surface area (Å²) in [5.41, 5.74) is 0.510. The van der Waals surface area contributed by atoms with Gasteiger partial charge in [0.05, 0.1) is 18.8 Å². The molecule has 2 aromatic heterocycles. The van der Waals surface area contributed by atoms with Crippen LogP contribution >= 0.6 is 11.3 Å². The molecule has 13 heteroatoms. The number of sulfonamides is 1. The van der Waals surface area contributed by atoms with Gasteiger partial charge in [-0.2, -0.15) is 0 Å². The molecule has 3 aromatic rings. The maximum Gasteiger partial charge on any atom is 0.334 e. The maximum atomic E-state index is 12.8. The number of benzene rings is 1. The standard InChI is InChI=1S/C18H20N4O7S2/c1-11(23)28-7-8-29-13-6-4-5-12-14(10-22(2)16(12)13)31(25,26)21-17(24)20-18-19-9-15(27-3)30-18/h4-6,9-10H,7-8H2,1-3H3,(H2,19,20,21,24). The van der Waals surface area contributed by atoms with E-state index in [0.717, 1.165) is 11.3 Å². The molecule has 0 saturated carbocycles. The van der Waals surface area contributed by atoms with Gasteiger partial charge in [-0.1, -0.05) is 23.5 Å². The first-order chi connectivity index (χ1) is 14.7.